The van der Waals surface area contributed by atoms with Gasteiger partial charge < -0.3 is 0 Å². The van der Waals surface area contributed by atoms with E-state index >= 15 is 0 Å². The van der Waals surface area contributed by atoms with Gasteiger partial charge in [0, 0.05) is 70.1 Å². The number of hydrogen-bond donors (Lipinski definition) is 0. The number of pyridine rings is 1. The predicted octanol–water partition coefficient (Wildman–Crippen LogP) is 5.50. The monoisotopic (exact) mass is 498 g/mol. The molecule has 1 aliphatic heterocycles. The molecule has 4 nitrogen and oxygen atoms in total. The minimum absolute atomic E-state index is 0.624. The summed E-state index contributed by atoms with van der Waals surface area (Å²) >= 11 is 7.09. The van der Waals surface area contributed by atoms with Gasteiger partial charge in [-0.15, -0.1) is 0 Å². The summed E-state index contributed by atoms with van der Waals surface area (Å²) in [5, 5.41) is 0. The quantitative estimate of drug-likeness (QED) is 0.475. The third-order valence-corrected chi connectivity index (χ3v) is 6.28. The van der Waals surface area contributed by atoms with E-state index in [2.05, 4.69) is 77.2 Å². The topological polar surface area (TPSA) is 41.9 Å². The average Bonchev–Trinajstić information content (AvgIpc) is 3.53. The van der Waals surface area contributed by atoms with Crippen LogP contribution in [0.3, 0.4) is 0 Å². The van der Waals surface area contributed by atoms with E-state index in [0.29, 0.717) is 5.92 Å². The predicted molar refractivity (Wildman–Crippen MR) is 117 cm³/mol. The van der Waals surface area contributed by atoms with E-state index in [0.717, 1.165) is 52.1 Å². The van der Waals surface area contributed by atoms with Gasteiger partial charge in [-0.3, -0.25) is 9.88 Å². The second-order valence-corrected chi connectivity index (χ2v) is 9.48. The standard InChI is InChI=1S/C22H20Br2N4/c23-18-7-16(8-19(24)9-18)20-4-1-14(10-25-20)12-28-6-5-21-17(13-28)11-26-22(27-21)15-2-3-15/h1,4,7-11,15H,2-3,5-6,12-13H2. The fourth-order valence-electron chi connectivity index (χ4n) is 3.71. The van der Waals surface area contributed by atoms with Crippen LogP contribution in [0.1, 0.15) is 41.4 Å². The molecule has 5 rings (SSSR count). The summed E-state index contributed by atoms with van der Waals surface area (Å²) in [6, 6.07) is 10.5. The van der Waals surface area contributed by atoms with Crippen molar-refractivity contribution in [1.82, 2.24) is 19.9 Å². The molecule has 3 aromatic rings. The molecule has 0 saturated heterocycles. The Labute approximate surface area is 181 Å². The van der Waals surface area contributed by atoms with Crippen LogP contribution in [0.15, 0.2) is 51.7 Å². The van der Waals surface area contributed by atoms with Crippen LogP contribution in [0.4, 0.5) is 0 Å². The van der Waals surface area contributed by atoms with Gasteiger partial charge in [-0.2, -0.15) is 0 Å². The van der Waals surface area contributed by atoms with E-state index in [-0.39, 0.29) is 0 Å². The highest BCUT2D eigenvalue weighted by molar-refractivity contribution is 9.11. The second-order valence-electron chi connectivity index (χ2n) is 7.64. The Morgan fingerprint density at radius 3 is 2.54 bits per heavy atom. The number of halogens is 2. The van der Waals surface area contributed by atoms with Gasteiger partial charge >= 0.3 is 0 Å². The van der Waals surface area contributed by atoms with Crippen LogP contribution in [-0.2, 0) is 19.5 Å². The van der Waals surface area contributed by atoms with Crippen molar-refractivity contribution in [2.75, 3.05) is 6.54 Å². The molecule has 0 radical (unpaired) electrons. The molecular formula is C22H20Br2N4. The summed E-state index contributed by atoms with van der Waals surface area (Å²) in [4.78, 5) is 16.6. The molecule has 1 aromatic carbocycles. The Bertz CT molecular complexity index is 995. The molecular weight excluding hydrogens is 480 g/mol. The number of rotatable bonds is 4. The zero-order valence-corrected chi connectivity index (χ0v) is 18.6. The van der Waals surface area contributed by atoms with Crippen LogP contribution < -0.4 is 0 Å². The van der Waals surface area contributed by atoms with Gasteiger partial charge in [-0.1, -0.05) is 37.9 Å². The lowest BCUT2D eigenvalue weighted by atomic mass is 10.1. The molecule has 0 bridgehead atoms. The van der Waals surface area contributed by atoms with Crippen LogP contribution >= 0.6 is 31.9 Å². The summed E-state index contributed by atoms with van der Waals surface area (Å²) in [5.41, 5.74) is 5.84. The molecule has 28 heavy (non-hydrogen) atoms. The fraction of sp³-hybridized carbons (Fsp3) is 0.318. The summed E-state index contributed by atoms with van der Waals surface area (Å²) in [6.07, 6.45) is 7.56. The van der Waals surface area contributed by atoms with Gasteiger partial charge in [0.15, 0.2) is 0 Å². The van der Waals surface area contributed by atoms with E-state index in [4.69, 9.17) is 4.98 Å². The maximum absolute atomic E-state index is 4.82. The highest BCUT2D eigenvalue weighted by Crippen LogP contribution is 2.38. The first-order chi connectivity index (χ1) is 13.6. The largest absolute Gasteiger partial charge is 0.294 e. The van der Waals surface area contributed by atoms with Crippen LogP contribution in [0.2, 0.25) is 0 Å². The highest BCUT2D eigenvalue weighted by atomic mass is 79.9. The van der Waals surface area contributed by atoms with Crippen molar-refractivity contribution in [2.45, 2.75) is 38.3 Å². The molecule has 1 saturated carbocycles. The molecule has 0 unspecified atom stereocenters. The van der Waals surface area contributed by atoms with Crippen molar-refractivity contribution in [1.29, 1.82) is 0 Å². The summed E-state index contributed by atoms with van der Waals surface area (Å²) in [6.45, 7) is 2.86. The van der Waals surface area contributed by atoms with E-state index < -0.39 is 0 Å². The Morgan fingerprint density at radius 2 is 1.82 bits per heavy atom. The number of aromatic nitrogens is 3. The molecule has 3 heterocycles. The Hall–Kier alpha value is -1.63. The highest BCUT2D eigenvalue weighted by Gasteiger charge is 2.28. The van der Waals surface area contributed by atoms with Gasteiger partial charge in [0.25, 0.3) is 0 Å². The summed E-state index contributed by atoms with van der Waals surface area (Å²) in [7, 11) is 0. The molecule has 142 valence electrons. The summed E-state index contributed by atoms with van der Waals surface area (Å²) in [5.74, 6) is 1.69. The normalized spacial score (nSPS) is 16.8. The summed E-state index contributed by atoms with van der Waals surface area (Å²) < 4.78 is 2.09. The van der Waals surface area contributed by atoms with Crippen molar-refractivity contribution < 1.29 is 0 Å². The maximum atomic E-state index is 4.82. The van der Waals surface area contributed by atoms with E-state index in [9.17, 15) is 0 Å². The third kappa shape index (κ3) is 4.04. The van der Waals surface area contributed by atoms with Gasteiger partial charge in [0.1, 0.15) is 5.82 Å². The number of fused-ring (bicyclic) bond motifs is 1. The number of hydrogen-bond acceptors (Lipinski definition) is 4. The van der Waals surface area contributed by atoms with Gasteiger partial charge in [-0.25, -0.2) is 9.97 Å². The lowest BCUT2D eigenvalue weighted by Gasteiger charge is -2.28. The molecule has 2 aromatic heterocycles. The first kappa shape index (κ1) is 18.4. The third-order valence-electron chi connectivity index (χ3n) is 5.36. The van der Waals surface area contributed by atoms with Crippen molar-refractivity contribution in [3.8, 4) is 11.3 Å². The van der Waals surface area contributed by atoms with Crippen molar-refractivity contribution in [3.63, 3.8) is 0 Å². The average molecular weight is 500 g/mol. The Kier molecular flexibility index (Phi) is 5.03. The maximum Gasteiger partial charge on any atom is 0.131 e. The molecule has 2 aliphatic rings. The smallest absolute Gasteiger partial charge is 0.131 e. The zero-order valence-electron chi connectivity index (χ0n) is 15.4. The molecule has 0 N–H and O–H groups in total. The Morgan fingerprint density at radius 1 is 1.00 bits per heavy atom. The molecule has 0 spiro atoms. The van der Waals surface area contributed by atoms with Crippen molar-refractivity contribution in [2.24, 2.45) is 0 Å². The van der Waals surface area contributed by atoms with Crippen molar-refractivity contribution >= 4 is 31.9 Å². The van der Waals surface area contributed by atoms with Gasteiger partial charge in [-0.05, 0) is 42.7 Å². The van der Waals surface area contributed by atoms with Crippen LogP contribution in [0.25, 0.3) is 11.3 Å². The lowest BCUT2D eigenvalue weighted by Crippen LogP contribution is -2.31. The van der Waals surface area contributed by atoms with E-state index in [1.807, 2.05) is 12.3 Å². The molecule has 6 heteroatoms. The number of nitrogens with zero attached hydrogens (tertiary/aromatic N) is 4. The first-order valence-electron chi connectivity index (χ1n) is 9.62. The minimum Gasteiger partial charge on any atom is -0.294 e. The van der Waals surface area contributed by atoms with Crippen LogP contribution in [-0.4, -0.2) is 26.4 Å². The second kappa shape index (κ2) is 7.65. The van der Waals surface area contributed by atoms with Gasteiger partial charge in [0.05, 0.1) is 5.69 Å². The SMILES string of the molecule is Brc1cc(Br)cc(-c2ccc(CN3CCc4nc(C5CC5)ncc4C3)cn2)c1. The molecule has 0 amide bonds. The minimum atomic E-state index is 0.624. The molecule has 1 aliphatic carbocycles. The van der Waals surface area contributed by atoms with E-state index in [1.54, 1.807) is 0 Å². The van der Waals surface area contributed by atoms with Crippen molar-refractivity contribution in [3.05, 3.63) is 74.3 Å². The number of benzene rings is 1. The lowest BCUT2D eigenvalue weighted by molar-refractivity contribution is 0.242. The van der Waals surface area contributed by atoms with Crippen LogP contribution in [0.5, 0.6) is 0 Å². The molecule has 1 fully saturated rings. The molecule has 0 atom stereocenters. The zero-order chi connectivity index (χ0) is 19.1. The fourth-order valence-corrected chi connectivity index (χ4v) is 5.01. The van der Waals surface area contributed by atoms with E-state index in [1.165, 1.54) is 29.7 Å². The van der Waals surface area contributed by atoms with Gasteiger partial charge in [0.2, 0.25) is 0 Å². The van der Waals surface area contributed by atoms with Crippen LogP contribution in [0, 0.1) is 0 Å². The first-order valence-corrected chi connectivity index (χ1v) is 11.2. The Balaban J connectivity index is 1.27.